The van der Waals surface area contributed by atoms with E-state index in [1.165, 1.54) is 35.1 Å². The molecule has 5 nitrogen and oxygen atoms in total. The summed E-state index contributed by atoms with van der Waals surface area (Å²) in [5, 5.41) is 15.9. The Hall–Kier alpha value is -2.82. The summed E-state index contributed by atoms with van der Waals surface area (Å²) < 4.78 is 30.5. The van der Waals surface area contributed by atoms with E-state index >= 15 is 8.78 Å². The molecule has 0 spiro atoms. The Bertz CT molecular complexity index is 1320. The van der Waals surface area contributed by atoms with Gasteiger partial charge in [0.25, 0.3) is 5.91 Å². The summed E-state index contributed by atoms with van der Waals surface area (Å²) in [6, 6.07) is 8.75. The van der Waals surface area contributed by atoms with Crippen LogP contribution in [0.3, 0.4) is 0 Å². The Morgan fingerprint density at radius 3 is 2.56 bits per heavy atom. The molecule has 1 aromatic carbocycles. The van der Waals surface area contributed by atoms with Crippen LogP contribution in [-0.2, 0) is 4.79 Å². The van der Waals surface area contributed by atoms with E-state index in [1.807, 2.05) is 6.92 Å². The number of carbonyl (C=O) groups excluding carboxylic acids is 1. The average Bonchev–Trinajstić information content (AvgIpc) is 3.76. The molecule has 0 unspecified atom stereocenters. The van der Waals surface area contributed by atoms with Crippen LogP contribution in [0.5, 0.6) is 0 Å². The number of carbonyl (C=O) groups is 1. The number of rotatable bonds is 5. The molecule has 4 N–H and O–H groups in total. The highest BCUT2D eigenvalue weighted by Crippen LogP contribution is 2.69. The molecule has 0 bridgehead atoms. The molecule has 206 valence electrons. The van der Waals surface area contributed by atoms with E-state index in [2.05, 4.69) is 40.9 Å². The van der Waals surface area contributed by atoms with Crippen molar-refractivity contribution in [1.82, 2.24) is 5.43 Å². The molecular weight excluding hydrogens is 496 g/mol. The van der Waals surface area contributed by atoms with Gasteiger partial charge >= 0.3 is 5.92 Å². The molecule has 1 aromatic rings. The summed E-state index contributed by atoms with van der Waals surface area (Å²) >= 11 is 0. The van der Waals surface area contributed by atoms with Gasteiger partial charge in [-0.15, -0.1) is 6.42 Å². The lowest BCUT2D eigenvalue weighted by Gasteiger charge is -2.55. The Kier molecular flexibility index (Phi) is 6.35. The predicted octanol–water partition coefficient (Wildman–Crippen LogP) is 5.32. The molecule has 0 saturated heterocycles. The molecule has 5 aliphatic carbocycles. The summed E-state index contributed by atoms with van der Waals surface area (Å²) in [6.45, 7) is 1.75. The van der Waals surface area contributed by atoms with Crippen LogP contribution in [-0.4, -0.2) is 34.8 Å². The van der Waals surface area contributed by atoms with Gasteiger partial charge in [0.15, 0.2) is 0 Å². The Morgan fingerprint density at radius 2 is 1.90 bits per heavy atom. The largest absolute Gasteiger partial charge is 0.382 e. The van der Waals surface area contributed by atoms with Crippen LogP contribution < -0.4 is 11.2 Å². The number of amides is 1. The summed E-state index contributed by atoms with van der Waals surface area (Å²) in [4.78, 5) is 11.6. The summed E-state index contributed by atoms with van der Waals surface area (Å²) in [5.41, 5.74) is 11.9. The molecule has 5 atom stereocenters. The lowest BCUT2D eigenvalue weighted by atomic mass is 9.50. The number of nitrogens with zero attached hydrogens (tertiary/aromatic N) is 1. The molecule has 3 saturated carbocycles. The number of alkyl halides is 2. The van der Waals surface area contributed by atoms with E-state index in [4.69, 9.17) is 12.2 Å². The third-order valence-electron chi connectivity index (χ3n) is 10.5. The number of hydrazone groups is 1. The summed E-state index contributed by atoms with van der Waals surface area (Å²) in [6.07, 6.45) is 13.9. The number of aliphatic hydroxyl groups is 1. The Balaban J connectivity index is 1.44. The number of hydrogen-bond acceptors (Lipinski definition) is 4. The number of halogens is 2. The fraction of sp³-hybridized carbons (Fsp3) is 0.562. The maximum atomic E-state index is 15.3. The van der Waals surface area contributed by atoms with Gasteiger partial charge in [0.1, 0.15) is 5.60 Å². The van der Waals surface area contributed by atoms with Gasteiger partial charge in [-0.05, 0) is 110 Å². The topological polar surface area (TPSA) is 87.7 Å². The summed E-state index contributed by atoms with van der Waals surface area (Å²) in [5.74, 6) is -1.65. The Labute approximate surface area is 229 Å². The zero-order valence-corrected chi connectivity index (χ0v) is 22.5. The number of benzene rings is 1. The molecule has 0 radical (unpaired) electrons. The van der Waals surface area contributed by atoms with Gasteiger partial charge in [-0.3, -0.25) is 4.79 Å². The Morgan fingerprint density at radius 1 is 1.18 bits per heavy atom. The molecular formula is C32H37F2N3O2. The normalized spacial score (nSPS) is 35.0. The van der Waals surface area contributed by atoms with Crippen molar-refractivity contribution in [2.24, 2.45) is 28.1 Å². The number of nitrogens with two attached hydrogens (primary N) is 1. The third-order valence-corrected chi connectivity index (χ3v) is 10.5. The minimum absolute atomic E-state index is 0.0121. The van der Waals surface area contributed by atoms with E-state index < -0.39 is 16.9 Å². The van der Waals surface area contributed by atoms with Crippen molar-refractivity contribution < 1.29 is 18.7 Å². The molecule has 5 aliphatic rings. The first-order chi connectivity index (χ1) is 18.6. The lowest BCUT2D eigenvalue weighted by molar-refractivity contribution is -0.209. The molecule has 0 heterocycles. The van der Waals surface area contributed by atoms with Gasteiger partial charge < -0.3 is 10.8 Å². The predicted molar refractivity (Wildman–Crippen MR) is 147 cm³/mol. The van der Waals surface area contributed by atoms with Crippen LogP contribution >= 0.6 is 0 Å². The average molecular weight is 534 g/mol. The second kappa shape index (κ2) is 9.38. The monoisotopic (exact) mass is 533 g/mol. The third kappa shape index (κ3) is 4.10. The highest BCUT2D eigenvalue weighted by molar-refractivity contribution is 5.98. The van der Waals surface area contributed by atoms with Crippen LogP contribution in [0.4, 0.5) is 8.78 Å². The zero-order valence-electron chi connectivity index (χ0n) is 22.5. The lowest BCUT2D eigenvalue weighted by Crippen LogP contribution is -2.60. The number of hydrogen-bond donors (Lipinski definition) is 3. The van der Waals surface area contributed by atoms with Gasteiger partial charge in [0.05, 0.1) is 12.3 Å². The van der Waals surface area contributed by atoms with Crippen molar-refractivity contribution in [3.05, 3.63) is 58.2 Å². The first-order valence-electron chi connectivity index (χ1n) is 14.3. The van der Waals surface area contributed by atoms with Crippen molar-refractivity contribution >= 4 is 11.6 Å². The standard InChI is InChI=1S/C32H37F2N3O2/c1-3-32(33,34)31(39)15-14-27-25-12-10-22-16-23(36-37-28(38)18-35)11-13-24(22)29(25)26(17-30(27,31)2)21-8-6-20(7-9-21)19-4-5-19/h1,6-9,16,19,25-27,39H,4-5,10-15,17-18,35H2,2H3,(H,37,38)/b36-23+/t25-,26-,27-,30-,31-/m0/s1. The van der Waals surface area contributed by atoms with Crippen LogP contribution in [0.1, 0.15) is 87.7 Å². The molecule has 6 rings (SSSR count). The number of nitrogens with one attached hydrogen (secondary N) is 1. The smallest absolute Gasteiger partial charge is 0.336 e. The minimum atomic E-state index is -3.59. The van der Waals surface area contributed by atoms with Gasteiger partial charge in [-0.2, -0.15) is 13.9 Å². The quantitative estimate of drug-likeness (QED) is 0.353. The van der Waals surface area contributed by atoms with Gasteiger partial charge in [-0.25, -0.2) is 5.43 Å². The zero-order chi connectivity index (χ0) is 27.6. The van der Waals surface area contributed by atoms with Crippen LogP contribution in [0.15, 0.2) is 52.2 Å². The van der Waals surface area contributed by atoms with Crippen molar-refractivity contribution in [2.75, 3.05) is 6.54 Å². The maximum absolute atomic E-state index is 15.3. The fourth-order valence-electron chi connectivity index (χ4n) is 8.30. The van der Waals surface area contributed by atoms with E-state index in [0.717, 1.165) is 30.5 Å². The van der Waals surface area contributed by atoms with Gasteiger partial charge in [-0.1, -0.05) is 36.8 Å². The van der Waals surface area contributed by atoms with Crippen molar-refractivity contribution in [2.45, 2.75) is 88.1 Å². The highest BCUT2D eigenvalue weighted by atomic mass is 19.3. The SMILES string of the molecule is C#CC(F)(F)[C@]1(O)CC[C@H]2[C@@H]3CCC4=C/C(=N/NC(=O)CN)CCC4=C3[C@H](c3ccc(C4CC4)cc3)C[C@@]21C. The maximum Gasteiger partial charge on any atom is 0.336 e. The van der Waals surface area contributed by atoms with E-state index in [9.17, 15) is 9.90 Å². The molecule has 0 aromatic heterocycles. The second-order valence-electron chi connectivity index (χ2n) is 12.4. The first kappa shape index (κ1) is 26.4. The first-order valence-corrected chi connectivity index (χ1v) is 14.3. The van der Waals surface area contributed by atoms with Crippen LogP contribution in [0, 0.1) is 29.6 Å². The fourth-order valence-corrected chi connectivity index (χ4v) is 8.30. The highest BCUT2D eigenvalue weighted by Gasteiger charge is 2.71. The van der Waals surface area contributed by atoms with Crippen molar-refractivity contribution in [1.29, 1.82) is 0 Å². The van der Waals surface area contributed by atoms with E-state index in [1.54, 1.807) is 5.92 Å². The number of allylic oxidation sites excluding steroid dienone is 4. The van der Waals surface area contributed by atoms with Gasteiger partial charge in [0.2, 0.25) is 0 Å². The molecule has 0 aliphatic heterocycles. The molecule has 39 heavy (non-hydrogen) atoms. The van der Waals surface area contributed by atoms with E-state index in [0.29, 0.717) is 25.2 Å². The van der Waals surface area contributed by atoms with E-state index in [-0.39, 0.29) is 36.6 Å². The second-order valence-corrected chi connectivity index (χ2v) is 12.4. The molecule has 7 heteroatoms. The number of terminal acetylenes is 1. The minimum Gasteiger partial charge on any atom is -0.382 e. The van der Waals surface area contributed by atoms with Gasteiger partial charge in [0, 0.05) is 11.3 Å². The number of fused-ring (bicyclic) bond motifs is 4. The van der Waals surface area contributed by atoms with Crippen LogP contribution in [0.25, 0.3) is 0 Å². The van der Waals surface area contributed by atoms with Crippen LogP contribution in [0.2, 0.25) is 0 Å². The van der Waals surface area contributed by atoms with Crippen molar-refractivity contribution in [3.63, 3.8) is 0 Å². The van der Waals surface area contributed by atoms with Crippen molar-refractivity contribution in [3.8, 4) is 12.3 Å². The molecule has 3 fully saturated rings. The molecule has 1 amide bonds. The summed E-state index contributed by atoms with van der Waals surface area (Å²) in [7, 11) is 0.